The van der Waals surface area contributed by atoms with Gasteiger partial charge in [0.2, 0.25) is 17.7 Å². The van der Waals surface area contributed by atoms with Gasteiger partial charge in [0, 0.05) is 0 Å². The molecule has 11 heteroatoms. The molecule has 2 rings (SSSR count). The van der Waals surface area contributed by atoms with Gasteiger partial charge in [-0.3, -0.25) is 9.59 Å². The molecule has 0 spiro atoms. The second-order valence-corrected chi connectivity index (χ2v) is 3.99. The van der Waals surface area contributed by atoms with Crippen LogP contribution in [0.2, 0.25) is 0 Å². The molecule has 2 atom stereocenters. The number of tetrazole rings is 1. The molecule has 10 nitrogen and oxygen atoms in total. The highest BCUT2D eigenvalue weighted by Crippen LogP contribution is 2.24. The van der Waals surface area contributed by atoms with Crippen LogP contribution in [0.5, 0.6) is 0 Å². The highest BCUT2D eigenvalue weighted by atomic mass is 32.1. The highest BCUT2D eigenvalue weighted by molar-refractivity contribution is 7.09. The molecule has 2 heterocycles. The van der Waals surface area contributed by atoms with E-state index in [0.717, 1.165) is 22.3 Å². The zero-order valence-corrected chi connectivity index (χ0v) is 9.48. The van der Waals surface area contributed by atoms with Gasteiger partial charge in [0.05, 0.1) is 0 Å². The zero-order valence-electron chi connectivity index (χ0n) is 8.66. The predicted octanol–water partition coefficient (Wildman–Crippen LogP) is -2.45. The molecule has 0 fully saturated rings. The van der Waals surface area contributed by atoms with Crippen LogP contribution in [0.25, 0.3) is 0 Å². The molecule has 0 aliphatic heterocycles. The summed E-state index contributed by atoms with van der Waals surface area (Å²) in [5, 5.41) is 26.7. The van der Waals surface area contributed by atoms with Crippen molar-refractivity contribution in [2.24, 2.45) is 5.73 Å². The Bertz CT molecular complexity index is 541. The predicted molar refractivity (Wildman–Crippen MR) is 55.5 cm³/mol. The van der Waals surface area contributed by atoms with Crippen LogP contribution in [0.4, 0.5) is 0 Å². The van der Waals surface area contributed by atoms with Crippen molar-refractivity contribution in [3.05, 3.63) is 16.8 Å². The molecular formula is C7H6N7O3S. The first kappa shape index (κ1) is 12.3. The van der Waals surface area contributed by atoms with Gasteiger partial charge in [0.25, 0.3) is 0 Å². The fourth-order valence-electron chi connectivity index (χ4n) is 1.16. The van der Waals surface area contributed by atoms with E-state index in [2.05, 4.69) is 25.7 Å². The zero-order chi connectivity index (χ0) is 13.2. The van der Waals surface area contributed by atoms with Crippen molar-refractivity contribution in [2.75, 3.05) is 0 Å². The molecule has 0 aliphatic carbocycles. The summed E-state index contributed by atoms with van der Waals surface area (Å²) in [6, 6.07) is 0. The van der Waals surface area contributed by atoms with Crippen LogP contribution in [-0.2, 0) is 15.2 Å². The average Bonchev–Trinajstić information content (AvgIpc) is 3.07. The van der Waals surface area contributed by atoms with Crippen molar-refractivity contribution in [1.82, 2.24) is 30.4 Å². The largest absolute Gasteiger partial charge is 0.369 e. The molecular weight excluding hydrogens is 262 g/mol. The molecule has 93 valence electrons. The van der Waals surface area contributed by atoms with Crippen molar-refractivity contribution in [3.8, 4) is 0 Å². The van der Waals surface area contributed by atoms with E-state index < -0.39 is 17.6 Å². The molecule has 0 saturated heterocycles. The number of nitrogens with zero attached hydrogens (tertiary/aromatic N) is 6. The Kier molecular flexibility index (Phi) is 3.18. The van der Waals surface area contributed by atoms with E-state index in [0.29, 0.717) is 0 Å². The Morgan fingerprint density at radius 1 is 1.61 bits per heavy atom. The Morgan fingerprint density at radius 3 is 2.89 bits per heavy atom. The van der Waals surface area contributed by atoms with Crippen molar-refractivity contribution in [1.29, 1.82) is 0 Å². The third-order valence-corrected chi connectivity index (χ3v) is 2.89. The van der Waals surface area contributed by atoms with Gasteiger partial charge < -0.3 is 10.8 Å². The third-order valence-electron chi connectivity index (χ3n) is 2.09. The minimum Gasteiger partial charge on any atom is -0.369 e. The molecule has 0 aliphatic rings. The van der Waals surface area contributed by atoms with Crippen LogP contribution in [0, 0.1) is 0 Å². The molecule has 0 aromatic carbocycles. The smallest absolute Gasteiger partial charge is 0.249 e. The van der Waals surface area contributed by atoms with E-state index in [1.165, 1.54) is 11.8 Å². The number of hydrogen-bond donors (Lipinski definition) is 2. The van der Waals surface area contributed by atoms with E-state index in [1.54, 1.807) is 0 Å². The van der Waals surface area contributed by atoms with Gasteiger partial charge in [-0.15, -0.1) is 26.6 Å². The summed E-state index contributed by atoms with van der Waals surface area (Å²) in [4.78, 5) is 22.8. The van der Waals surface area contributed by atoms with Crippen LogP contribution < -0.4 is 5.73 Å². The maximum atomic E-state index is 12.0. The standard InChI is InChI=1S/C7H6N7O3S/c8-5(14-2-9-12-13-14)4(16)7(17,1-15)6-11-10-3-18-6/h2-3,5,17H,8H2. The third kappa shape index (κ3) is 1.90. The van der Waals surface area contributed by atoms with Crippen molar-refractivity contribution in [2.45, 2.75) is 11.8 Å². The van der Waals surface area contributed by atoms with Crippen LogP contribution in [-0.4, -0.2) is 47.6 Å². The van der Waals surface area contributed by atoms with E-state index in [4.69, 9.17) is 5.73 Å². The number of carbonyl (C=O) groups excluding carboxylic acids is 2. The van der Waals surface area contributed by atoms with Gasteiger partial charge in [0.15, 0.2) is 11.2 Å². The number of aromatic nitrogens is 6. The molecule has 2 unspecified atom stereocenters. The monoisotopic (exact) mass is 268 g/mol. The lowest BCUT2D eigenvalue weighted by Crippen LogP contribution is -2.45. The number of ketones is 1. The van der Waals surface area contributed by atoms with Crippen LogP contribution in [0.1, 0.15) is 11.2 Å². The second kappa shape index (κ2) is 4.64. The summed E-state index contributed by atoms with van der Waals surface area (Å²) in [6.07, 6.45) is 0.868. The van der Waals surface area contributed by atoms with Crippen molar-refractivity contribution < 1.29 is 14.7 Å². The Morgan fingerprint density at radius 2 is 2.39 bits per heavy atom. The maximum absolute atomic E-state index is 12.0. The van der Waals surface area contributed by atoms with Gasteiger partial charge in [-0.2, -0.15) is 0 Å². The fourth-order valence-corrected chi connectivity index (χ4v) is 1.76. The molecule has 0 bridgehead atoms. The summed E-state index contributed by atoms with van der Waals surface area (Å²) in [5.74, 6) is -1.05. The quantitative estimate of drug-likeness (QED) is 0.563. The average molecular weight is 268 g/mol. The van der Waals surface area contributed by atoms with Gasteiger partial charge >= 0.3 is 0 Å². The number of Topliss-reactive ketones (excluding diaryl/α,β-unsaturated/α-hetero) is 1. The number of hydrogen-bond acceptors (Lipinski definition) is 10. The molecule has 2 aromatic rings. The molecule has 0 saturated carbocycles. The first-order valence-corrected chi connectivity index (χ1v) is 5.38. The molecule has 18 heavy (non-hydrogen) atoms. The first-order chi connectivity index (χ1) is 8.59. The fraction of sp³-hybridized carbons (Fsp3) is 0.286. The van der Waals surface area contributed by atoms with Crippen LogP contribution in [0.15, 0.2) is 11.8 Å². The summed E-state index contributed by atoms with van der Waals surface area (Å²) >= 11 is 0.825. The van der Waals surface area contributed by atoms with E-state index in [-0.39, 0.29) is 5.01 Å². The molecule has 3 N–H and O–H groups in total. The number of carbonyl (C=O) groups is 1. The maximum Gasteiger partial charge on any atom is 0.249 e. The van der Waals surface area contributed by atoms with Crippen molar-refractivity contribution >= 4 is 23.4 Å². The van der Waals surface area contributed by atoms with E-state index in [9.17, 15) is 14.7 Å². The van der Waals surface area contributed by atoms with E-state index >= 15 is 0 Å². The normalized spacial score (nSPS) is 15.9. The van der Waals surface area contributed by atoms with Crippen LogP contribution >= 0.6 is 11.3 Å². The number of rotatable bonds is 5. The lowest BCUT2D eigenvalue weighted by molar-refractivity contribution is -0.135. The van der Waals surface area contributed by atoms with Crippen molar-refractivity contribution in [3.63, 3.8) is 0 Å². The minimum absolute atomic E-state index is 0.217. The van der Waals surface area contributed by atoms with Crippen LogP contribution in [0.3, 0.4) is 0 Å². The molecule has 0 amide bonds. The summed E-state index contributed by atoms with van der Waals surface area (Å²) in [5.41, 5.74) is 4.22. The topological polar surface area (TPSA) is 150 Å². The first-order valence-electron chi connectivity index (χ1n) is 4.50. The van der Waals surface area contributed by atoms with Gasteiger partial charge in [-0.05, 0) is 10.4 Å². The van der Waals surface area contributed by atoms with Gasteiger partial charge in [0.1, 0.15) is 11.8 Å². The lowest BCUT2D eigenvalue weighted by atomic mass is 9.99. The SMILES string of the molecule is NC(C(=O)C(O)([C]=O)c1nncs1)n1cnnn1. The van der Waals surface area contributed by atoms with Gasteiger partial charge in [-0.25, -0.2) is 4.68 Å². The van der Waals surface area contributed by atoms with E-state index in [1.807, 2.05) is 0 Å². The Labute approximate surface area is 103 Å². The molecule has 2 aromatic heterocycles. The second-order valence-electron chi connectivity index (χ2n) is 3.16. The summed E-state index contributed by atoms with van der Waals surface area (Å²) < 4.78 is 0.895. The van der Waals surface area contributed by atoms with Gasteiger partial charge in [-0.1, -0.05) is 0 Å². The minimum atomic E-state index is -2.58. The lowest BCUT2D eigenvalue weighted by Gasteiger charge is -2.19. The highest BCUT2D eigenvalue weighted by Gasteiger charge is 2.45. The summed E-state index contributed by atoms with van der Waals surface area (Å²) in [6.45, 7) is 0. The molecule has 1 radical (unpaired) electrons. The Hall–Kier alpha value is -2.11. The number of aliphatic hydroxyl groups is 1. The number of nitrogens with two attached hydrogens (primary N) is 1. The summed E-state index contributed by atoms with van der Waals surface area (Å²) in [7, 11) is 0. The Balaban J connectivity index is 2.34.